The summed E-state index contributed by atoms with van der Waals surface area (Å²) in [5, 5.41) is 0. The molecule has 1 aromatic heterocycles. The third-order valence-electron chi connectivity index (χ3n) is 3.07. The fourth-order valence-corrected chi connectivity index (χ4v) is 2.09. The van der Waals surface area contributed by atoms with Gasteiger partial charge >= 0.3 is 6.18 Å². The lowest BCUT2D eigenvalue weighted by atomic mass is 9.97. The molecule has 2 aromatic rings. The highest BCUT2D eigenvalue weighted by Crippen LogP contribution is 2.33. The van der Waals surface area contributed by atoms with E-state index in [1.54, 1.807) is 19.9 Å². The molecule has 6 heteroatoms. The molecule has 1 unspecified atom stereocenters. The smallest absolute Gasteiger partial charge is 0.416 e. The average Bonchev–Trinajstić information content (AvgIpc) is 2.66. The summed E-state index contributed by atoms with van der Waals surface area (Å²) in [6.07, 6.45) is -4.54. The molecule has 108 valence electrons. The summed E-state index contributed by atoms with van der Waals surface area (Å²) in [6.45, 7) is 3.32. The van der Waals surface area contributed by atoms with E-state index in [0.717, 1.165) is 12.1 Å². The lowest BCUT2D eigenvalue weighted by molar-refractivity contribution is -0.137. The van der Waals surface area contributed by atoms with Gasteiger partial charge in [-0.05, 0) is 38.1 Å². The zero-order valence-corrected chi connectivity index (χ0v) is 10.9. The van der Waals surface area contributed by atoms with Crippen LogP contribution in [0.2, 0.25) is 0 Å². The molecule has 1 aromatic carbocycles. The maximum absolute atomic E-state index is 13.8. The Morgan fingerprint density at radius 1 is 1.10 bits per heavy atom. The Morgan fingerprint density at radius 2 is 1.75 bits per heavy atom. The number of hydrogen-bond donors (Lipinski definition) is 1. The van der Waals surface area contributed by atoms with Crippen LogP contribution in [0.1, 0.15) is 34.3 Å². The Kier molecular flexibility index (Phi) is 3.60. The largest absolute Gasteiger partial charge is 0.466 e. The van der Waals surface area contributed by atoms with E-state index in [9.17, 15) is 17.6 Å². The number of benzene rings is 1. The molecular weight excluding hydrogens is 274 g/mol. The molecular formula is C14H13F4NO. The fraction of sp³-hybridized carbons (Fsp3) is 0.286. The van der Waals surface area contributed by atoms with Gasteiger partial charge < -0.3 is 10.2 Å². The van der Waals surface area contributed by atoms with Crippen molar-refractivity contribution in [1.82, 2.24) is 0 Å². The molecule has 0 aliphatic carbocycles. The minimum absolute atomic E-state index is 0.205. The predicted molar refractivity (Wildman–Crippen MR) is 65.6 cm³/mol. The number of furan rings is 1. The Morgan fingerprint density at radius 3 is 2.25 bits per heavy atom. The first-order chi connectivity index (χ1) is 9.20. The Hall–Kier alpha value is -1.82. The SMILES string of the molecule is Cc1cc(C(N)c2cc(C(F)(F)F)ccc2F)c(C)o1. The molecule has 0 fully saturated rings. The molecule has 1 atom stereocenters. The number of halogens is 4. The zero-order chi connectivity index (χ0) is 15.1. The summed E-state index contributed by atoms with van der Waals surface area (Å²) >= 11 is 0. The van der Waals surface area contributed by atoms with Crippen molar-refractivity contribution in [3.05, 3.63) is 58.3 Å². The van der Waals surface area contributed by atoms with Crippen LogP contribution in [0.25, 0.3) is 0 Å². The molecule has 0 spiro atoms. The molecule has 2 N–H and O–H groups in total. The van der Waals surface area contributed by atoms with Crippen molar-refractivity contribution >= 4 is 0 Å². The Bertz CT molecular complexity index is 631. The molecule has 1 heterocycles. The van der Waals surface area contributed by atoms with E-state index in [0.29, 0.717) is 23.2 Å². The highest BCUT2D eigenvalue weighted by atomic mass is 19.4. The molecule has 0 saturated heterocycles. The van der Waals surface area contributed by atoms with Gasteiger partial charge in [0.2, 0.25) is 0 Å². The van der Waals surface area contributed by atoms with Gasteiger partial charge in [0.1, 0.15) is 17.3 Å². The molecule has 0 aliphatic heterocycles. The number of aryl methyl sites for hydroxylation is 2. The minimum atomic E-state index is -4.54. The van der Waals surface area contributed by atoms with Gasteiger partial charge in [0, 0.05) is 11.1 Å². The van der Waals surface area contributed by atoms with Crippen LogP contribution in [0.3, 0.4) is 0 Å². The molecule has 0 aliphatic rings. The third kappa shape index (κ3) is 2.70. The summed E-state index contributed by atoms with van der Waals surface area (Å²) in [4.78, 5) is 0. The molecule has 0 radical (unpaired) electrons. The first kappa shape index (κ1) is 14.6. The normalized spacial score (nSPS) is 13.6. The van der Waals surface area contributed by atoms with Crippen LogP contribution in [0.15, 0.2) is 28.7 Å². The highest BCUT2D eigenvalue weighted by molar-refractivity contribution is 5.37. The van der Waals surface area contributed by atoms with E-state index < -0.39 is 23.6 Å². The van der Waals surface area contributed by atoms with E-state index >= 15 is 0 Å². The molecule has 0 saturated carbocycles. The highest BCUT2D eigenvalue weighted by Gasteiger charge is 2.32. The summed E-state index contributed by atoms with van der Waals surface area (Å²) in [6, 6.07) is 2.80. The van der Waals surface area contributed by atoms with Crippen LogP contribution in [-0.2, 0) is 6.18 Å². The second-order valence-corrected chi connectivity index (χ2v) is 4.58. The second kappa shape index (κ2) is 4.94. The molecule has 0 amide bonds. The fourth-order valence-electron chi connectivity index (χ4n) is 2.09. The van der Waals surface area contributed by atoms with Gasteiger partial charge in [-0.2, -0.15) is 13.2 Å². The van der Waals surface area contributed by atoms with Gasteiger partial charge in [0.25, 0.3) is 0 Å². The van der Waals surface area contributed by atoms with Gasteiger partial charge in [-0.25, -0.2) is 4.39 Å². The van der Waals surface area contributed by atoms with Crippen LogP contribution in [-0.4, -0.2) is 0 Å². The monoisotopic (exact) mass is 287 g/mol. The first-order valence-corrected chi connectivity index (χ1v) is 5.89. The molecule has 2 rings (SSSR count). The summed E-state index contributed by atoms with van der Waals surface area (Å²) in [5.74, 6) is 0.260. The molecule has 20 heavy (non-hydrogen) atoms. The van der Waals surface area contributed by atoms with Crippen molar-refractivity contribution in [1.29, 1.82) is 0 Å². The van der Waals surface area contributed by atoms with Gasteiger partial charge in [0.05, 0.1) is 11.6 Å². The van der Waals surface area contributed by atoms with E-state index in [1.807, 2.05) is 0 Å². The minimum Gasteiger partial charge on any atom is -0.466 e. The Balaban J connectivity index is 2.49. The van der Waals surface area contributed by atoms with Crippen LogP contribution >= 0.6 is 0 Å². The quantitative estimate of drug-likeness (QED) is 0.844. The Labute approximate surface area is 113 Å². The van der Waals surface area contributed by atoms with Crippen molar-refractivity contribution in [2.75, 3.05) is 0 Å². The van der Waals surface area contributed by atoms with Crippen LogP contribution < -0.4 is 5.73 Å². The molecule has 0 bridgehead atoms. The van der Waals surface area contributed by atoms with E-state index in [-0.39, 0.29) is 5.56 Å². The predicted octanol–water partition coefficient (Wildman–Crippen LogP) is 4.10. The van der Waals surface area contributed by atoms with E-state index in [1.165, 1.54) is 0 Å². The van der Waals surface area contributed by atoms with Gasteiger partial charge in [0.15, 0.2) is 0 Å². The van der Waals surface area contributed by atoms with E-state index in [2.05, 4.69) is 0 Å². The maximum atomic E-state index is 13.8. The van der Waals surface area contributed by atoms with Crippen molar-refractivity contribution in [2.24, 2.45) is 5.73 Å². The van der Waals surface area contributed by atoms with Gasteiger partial charge in [-0.3, -0.25) is 0 Å². The van der Waals surface area contributed by atoms with Crippen molar-refractivity contribution in [3.8, 4) is 0 Å². The number of nitrogens with two attached hydrogens (primary N) is 1. The van der Waals surface area contributed by atoms with Crippen molar-refractivity contribution in [3.63, 3.8) is 0 Å². The van der Waals surface area contributed by atoms with Gasteiger partial charge in [-0.15, -0.1) is 0 Å². The molecule has 2 nitrogen and oxygen atoms in total. The van der Waals surface area contributed by atoms with E-state index in [4.69, 9.17) is 10.2 Å². The van der Waals surface area contributed by atoms with Crippen LogP contribution in [0.5, 0.6) is 0 Å². The van der Waals surface area contributed by atoms with Crippen LogP contribution in [0.4, 0.5) is 17.6 Å². The zero-order valence-electron chi connectivity index (χ0n) is 10.9. The lowest BCUT2D eigenvalue weighted by Gasteiger charge is -2.15. The first-order valence-electron chi connectivity index (χ1n) is 5.89. The maximum Gasteiger partial charge on any atom is 0.416 e. The van der Waals surface area contributed by atoms with Crippen molar-refractivity contribution < 1.29 is 22.0 Å². The second-order valence-electron chi connectivity index (χ2n) is 4.58. The van der Waals surface area contributed by atoms with Gasteiger partial charge in [-0.1, -0.05) is 0 Å². The summed E-state index contributed by atoms with van der Waals surface area (Å²) in [7, 11) is 0. The average molecular weight is 287 g/mol. The number of rotatable bonds is 2. The van der Waals surface area contributed by atoms with Crippen molar-refractivity contribution in [2.45, 2.75) is 26.1 Å². The standard InChI is InChI=1S/C14H13F4NO/c1-7-5-10(8(2)20-7)13(19)11-6-9(14(16,17)18)3-4-12(11)15/h3-6,13H,19H2,1-2H3. The van der Waals surface area contributed by atoms with Crippen LogP contribution in [0, 0.1) is 19.7 Å². The number of hydrogen-bond acceptors (Lipinski definition) is 2. The third-order valence-corrected chi connectivity index (χ3v) is 3.07. The number of alkyl halides is 3. The lowest BCUT2D eigenvalue weighted by Crippen LogP contribution is -2.16. The summed E-state index contributed by atoms with van der Waals surface area (Å²) < 4.78 is 57.0. The topological polar surface area (TPSA) is 39.2 Å². The summed E-state index contributed by atoms with van der Waals surface area (Å²) in [5.41, 5.74) is 5.22.